The highest BCUT2D eigenvalue weighted by Crippen LogP contribution is 2.28. The molecule has 1 saturated carbocycles. The lowest BCUT2D eigenvalue weighted by Gasteiger charge is -2.35. The van der Waals surface area contributed by atoms with Gasteiger partial charge in [-0.25, -0.2) is 0 Å². The van der Waals surface area contributed by atoms with E-state index in [0.717, 1.165) is 49.6 Å². The van der Waals surface area contributed by atoms with Crippen molar-refractivity contribution in [2.75, 3.05) is 32.1 Å². The number of anilines is 1. The highest BCUT2D eigenvalue weighted by molar-refractivity contribution is 5.93. The largest absolute Gasteiger partial charge is 0.370 e. The Bertz CT molecular complexity index is 939. The molecule has 0 bridgehead atoms. The molecule has 1 heterocycles. The molecule has 6 nitrogen and oxygen atoms in total. The van der Waals surface area contributed by atoms with Gasteiger partial charge in [0.2, 0.25) is 5.91 Å². The molecule has 2 N–H and O–H groups in total. The molecule has 6 heteroatoms. The zero-order valence-electron chi connectivity index (χ0n) is 18.4. The molecular formula is C25H32N4O2. The second-order valence-electron chi connectivity index (χ2n) is 8.38. The number of benzene rings is 2. The Hall–Kier alpha value is -2.86. The van der Waals surface area contributed by atoms with E-state index in [9.17, 15) is 4.79 Å². The van der Waals surface area contributed by atoms with E-state index in [4.69, 9.17) is 4.74 Å². The van der Waals surface area contributed by atoms with Crippen molar-refractivity contribution in [3.63, 3.8) is 0 Å². The number of hydrogen-bond donors (Lipinski definition) is 2. The molecule has 0 spiro atoms. The molecule has 31 heavy (non-hydrogen) atoms. The molecule has 2 aliphatic rings. The van der Waals surface area contributed by atoms with E-state index in [2.05, 4.69) is 57.8 Å². The molecule has 1 saturated heterocycles. The zero-order valence-corrected chi connectivity index (χ0v) is 18.4. The van der Waals surface area contributed by atoms with Crippen LogP contribution in [0, 0.1) is 12.8 Å². The van der Waals surface area contributed by atoms with E-state index >= 15 is 0 Å². The SMILES string of the molecule is CN=C(NCc1cccc(NC(=O)C2CCC2)c1)N1CCOC(c2ccccc2C)C1. The standard InChI is InChI=1S/C25H32N4O2/c1-18-7-3-4-12-22(18)23-17-29(13-14-31-23)25(26-2)27-16-19-8-5-11-21(15-19)28-24(30)20-9-6-10-20/h3-5,7-8,11-12,15,20,23H,6,9-10,13-14,16-17H2,1-2H3,(H,26,27)(H,28,30). The van der Waals surface area contributed by atoms with Gasteiger partial charge in [-0.2, -0.15) is 0 Å². The summed E-state index contributed by atoms with van der Waals surface area (Å²) in [5.74, 6) is 1.19. The van der Waals surface area contributed by atoms with Gasteiger partial charge in [0.1, 0.15) is 6.10 Å². The average Bonchev–Trinajstić information content (AvgIpc) is 2.74. The number of aliphatic imine (C=N–C) groups is 1. The quantitative estimate of drug-likeness (QED) is 0.569. The van der Waals surface area contributed by atoms with E-state index in [-0.39, 0.29) is 17.9 Å². The summed E-state index contributed by atoms with van der Waals surface area (Å²) in [6.45, 7) is 5.01. The highest BCUT2D eigenvalue weighted by Gasteiger charge is 2.26. The highest BCUT2D eigenvalue weighted by atomic mass is 16.5. The van der Waals surface area contributed by atoms with Crippen LogP contribution in [-0.4, -0.2) is 43.5 Å². The molecule has 4 rings (SSSR count). The summed E-state index contributed by atoms with van der Waals surface area (Å²) >= 11 is 0. The van der Waals surface area contributed by atoms with Crippen molar-refractivity contribution in [3.8, 4) is 0 Å². The topological polar surface area (TPSA) is 66.0 Å². The summed E-state index contributed by atoms with van der Waals surface area (Å²) in [6.07, 6.45) is 3.21. The smallest absolute Gasteiger partial charge is 0.227 e. The third-order valence-electron chi connectivity index (χ3n) is 6.23. The number of carbonyl (C=O) groups is 1. The van der Waals surface area contributed by atoms with Gasteiger partial charge in [0.25, 0.3) is 0 Å². The molecule has 2 fully saturated rings. The molecule has 1 unspecified atom stereocenters. The number of ether oxygens (including phenoxy) is 1. The van der Waals surface area contributed by atoms with Gasteiger partial charge in [-0.15, -0.1) is 0 Å². The number of aryl methyl sites for hydroxylation is 1. The van der Waals surface area contributed by atoms with Gasteiger partial charge in [0, 0.05) is 31.7 Å². The number of hydrogen-bond acceptors (Lipinski definition) is 3. The Morgan fingerprint density at radius 2 is 2.03 bits per heavy atom. The normalized spacial score (nSPS) is 19.6. The lowest BCUT2D eigenvalue weighted by Crippen LogP contribution is -2.48. The first-order chi connectivity index (χ1) is 15.1. The molecule has 2 aromatic carbocycles. The Kier molecular flexibility index (Phi) is 6.87. The number of amides is 1. The van der Waals surface area contributed by atoms with Crippen LogP contribution >= 0.6 is 0 Å². The molecule has 164 valence electrons. The number of nitrogens with one attached hydrogen (secondary N) is 2. The zero-order chi connectivity index (χ0) is 21.6. The van der Waals surface area contributed by atoms with Crippen molar-refractivity contribution in [2.45, 2.75) is 38.8 Å². The molecule has 0 radical (unpaired) electrons. The fraction of sp³-hybridized carbons (Fsp3) is 0.440. The summed E-state index contributed by atoms with van der Waals surface area (Å²) in [5, 5.41) is 6.53. The summed E-state index contributed by atoms with van der Waals surface area (Å²) in [4.78, 5) is 19.0. The van der Waals surface area contributed by atoms with Crippen LogP contribution in [0.4, 0.5) is 5.69 Å². The maximum absolute atomic E-state index is 12.2. The number of carbonyl (C=O) groups excluding carboxylic acids is 1. The molecule has 1 amide bonds. The van der Waals surface area contributed by atoms with Gasteiger partial charge in [-0.1, -0.05) is 42.8 Å². The van der Waals surface area contributed by atoms with Crippen molar-refractivity contribution < 1.29 is 9.53 Å². The number of nitrogens with zero attached hydrogens (tertiary/aromatic N) is 2. The minimum atomic E-state index is 0.0403. The van der Waals surface area contributed by atoms with Crippen molar-refractivity contribution in [1.82, 2.24) is 10.2 Å². The monoisotopic (exact) mass is 420 g/mol. The van der Waals surface area contributed by atoms with Crippen LogP contribution in [0.25, 0.3) is 0 Å². The van der Waals surface area contributed by atoms with E-state index in [1.165, 1.54) is 11.1 Å². The van der Waals surface area contributed by atoms with E-state index in [1.807, 2.05) is 25.2 Å². The van der Waals surface area contributed by atoms with Gasteiger partial charge < -0.3 is 20.3 Å². The molecule has 0 aromatic heterocycles. The molecule has 1 aliphatic carbocycles. The first-order valence-electron chi connectivity index (χ1n) is 11.2. The van der Waals surface area contributed by atoms with Crippen molar-refractivity contribution in [3.05, 3.63) is 65.2 Å². The van der Waals surface area contributed by atoms with E-state index in [0.29, 0.717) is 13.2 Å². The number of rotatable bonds is 5. The summed E-state index contributed by atoms with van der Waals surface area (Å²) in [5.41, 5.74) is 4.45. The third-order valence-corrected chi connectivity index (χ3v) is 6.23. The van der Waals surface area contributed by atoms with Crippen molar-refractivity contribution >= 4 is 17.6 Å². The fourth-order valence-corrected chi connectivity index (χ4v) is 4.17. The first kappa shape index (κ1) is 21.4. The van der Waals surface area contributed by atoms with Crippen LogP contribution in [-0.2, 0) is 16.1 Å². The lowest BCUT2D eigenvalue weighted by molar-refractivity contribution is -0.122. The number of morpholine rings is 1. The van der Waals surface area contributed by atoms with Gasteiger partial charge in [0.15, 0.2) is 5.96 Å². The molecule has 1 aliphatic heterocycles. The minimum Gasteiger partial charge on any atom is -0.370 e. The lowest BCUT2D eigenvalue weighted by atomic mass is 9.85. The molecule has 2 aromatic rings. The molecular weight excluding hydrogens is 388 g/mol. The van der Waals surface area contributed by atoms with Gasteiger partial charge in [0.05, 0.1) is 13.2 Å². The van der Waals surface area contributed by atoms with Crippen LogP contribution in [0.1, 0.15) is 42.1 Å². The molecule has 1 atom stereocenters. The summed E-state index contributed by atoms with van der Waals surface area (Å²) in [6, 6.07) is 16.4. The maximum atomic E-state index is 12.2. The number of guanidine groups is 1. The fourth-order valence-electron chi connectivity index (χ4n) is 4.17. The first-order valence-corrected chi connectivity index (χ1v) is 11.2. The summed E-state index contributed by atoms with van der Waals surface area (Å²) in [7, 11) is 1.82. The Labute approximate surface area is 184 Å². The predicted octanol–water partition coefficient (Wildman–Crippen LogP) is 3.88. The van der Waals surface area contributed by atoms with Gasteiger partial charge >= 0.3 is 0 Å². The maximum Gasteiger partial charge on any atom is 0.227 e. The van der Waals surface area contributed by atoms with Crippen LogP contribution in [0.15, 0.2) is 53.5 Å². The van der Waals surface area contributed by atoms with Crippen molar-refractivity contribution in [1.29, 1.82) is 0 Å². The van der Waals surface area contributed by atoms with Crippen LogP contribution in [0.3, 0.4) is 0 Å². The second kappa shape index (κ2) is 9.96. The van der Waals surface area contributed by atoms with Gasteiger partial charge in [-0.3, -0.25) is 9.79 Å². The summed E-state index contributed by atoms with van der Waals surface area (Å²) < 4.78 is 6.05. The van der Waals surface area contributed by atoms with Crippen LogP contribution in [0.2, 0.25) is 0 Å². The van der Waals surface area contributed by atoms with Gasteiger partial charge in [-0.05, 0) is 48.6 Å². The van der Waals surface area contributed by atoms with E-state index < -0.39 is 0 Å². The Balaban J connectivity index is 1.35. The Morgan fingerprint density at radius 3 is 2.77 bits per heavy atom. The Morgan fingerprint density at radius 1 is 1.19 bits per heavy atom. The van der Waals surface area contributed by atoms with Crippen molar-refractivity contribution in [2.24, 2.45) is 10.9 Å². The average molecular weight is 421 g/mol. The van der Waals surface area contributed by atoms with Crippen LogP contribution in [0.5, 0.6) is 0 Å². The second-order valence-corrected chi connectivity index (χ2v) is 8.38. The third kappa shape index (κ3) is 5.25. The predicted molar refractivity (Wildman–Crippen MR) is 124 cm³/mol. The van der Waals surface area contributed by atoms with E-state index in [1.54, 1.807) is 0 Å². The minimum absolute atomic E-state index is 0.0403. The van der Waals surface area contributed by atoms with Crippen LogP contribution < -0.4 is 10.6 Å².